The van der Waals surface area contributed by atoms with Gasteiger partial charge in [-0.1, -0.05) is 19.1 Å². The molecule has 152 valence electrons. The van der Waals surface area contributed by atoms with Gasteiger partial charge in [-0.25, -0.2) is 13.4 Å². The van der Waals surface area contributed by atoms with Crippen LogP contribution in [0.25, 0.3) is 11.3 Å². The molecule has 0 aliphatic carbocycles. The third-order valence-electron chi connectivity index (χ3n) is 4.30. The van der Waals surface area contributed by atoms with E-state index in [4.69, 9.17) is 4.74 Å². The number of anilines is 1. The topological polar surface area (TPSA) is 85.4 Å². The maximum absolute atomic E-state index is 12.7. The number of hydrogen-bond acceptors (Lipinski definition) is 6. The Morgan fingerprint density at radius 1 is 1.10 bits per heavy atom. The van der Waals surface area contributed by atoms with Crippen molar-refractivity contribution in [3.05, 3.63) is 59.0 Å². The first-order valence-corrected chi connectivity index (χ1v) is 11.7. The molecule has 0 atom stereocenters. The van der Waals surface area contributed by atoms with E-state index >= 15 is 0 Å². The van der Waals surface area contributed by atoms with Crippen LogP contribution in [0.2, 0.25) is 0 Å². The summed E-state index contributed by atoms with van der Waals surface area (Å²) in [6, 6.07) is 13.8. The second kappa shape index (κ2) is 8.75. The third kappa shape index (κ3) is 4.65. The molecule has 0 radical (unpaired) electrons. The first kappa shape index (κ1) is 21.0. The number of aryl methyl sites for hydroxylation is 1. The van der Waals surface area contributed by atoms with Gasteiger partial charge < -0.3 is 4.74 Å². The van der Waals surface area contributed by atoms with Crippen molar-refractivity contribution >= 4 is 32.2 Å². The average molecular weight is 431 g/mol. The first-order valence-electron chi connectivity index (χ1n) is 9.19. The van der Waals surface area contributed by atoms with Crippen molar-refractivity contribution in [2.75, 3.05) is 17.7 Å². The molecule has 0 bridgehead atoms. The molecule has 0 fully saturated rings. The molecule has 3 rings (SSSR count). The van der Waals surface area contributed by atoms with E-state index in [0.29, 0.717) is 11.7 Å². The Labute approximate surface area is 174 Å². The number of sulfone groups is 1. The zero-order valence-corrected chi connectivity index (χ0v) is 18.1. The number of thiazole rings is 1. The Balaban J connectivity index is 1.86. The van der Waals surface area contributed by atoms with E-state index in [0.717, 1.165) is 21.9 Å². The number of aromatic nitrogens is 1. The Bertz CT molecular complexity index is 1120. The zero-order chi connectivity index (χ0) is 21.0. The number of carbonyl (C=O) groups is 1. The van der Waals surface area contributed by atoms with Gasteiger partial charge in [-0.2, -0.15) is 0 Å². The van der Waals surface area contributed by atoms with Crippen LogP contribution in [0.15, 0.2) is 53.4 Å². The first-order chi connectivity index (χ1) is 13.9. The standard InChI is InChI=1S/C21H22N2O4S2/c1-4-27-16-12-10-15(11-13-16)19-14(3)28-21(22-19)23-20(24)17-8-6-7-9-18(17)29(25,26)5-2/h6-13H,4-5H2,1-3H3,(H,22,23,24). The van der Waals surface area contributed by atoms with E-state index in [9.17, 15) is 13.2 Å². The second-order valence-corrected chi connectivity index (χ2v) is 9.68. The largest absolute Gasteiger partial charge is 0.494 e. The monoisotopic (exact) mass is 430 g/mol. The number of benzene rings is 2. The summed E-state index contributed by atoms with van der Waals surface area (Å²) >= 11 is 1.34. The fourth-order valence-corrected chi connectivity index (χ4v) is 4.76. The van der Waals surface area contributed by atoms with Crippen LogP contribution < -0.4 is 10.1 Å². The van der Waals surface area contributed by atoms with Crippen LogP contribution in [-0.2, 0) is 9.84 Å². The normalized spacial score (nSPS) is 11.3. The summed E-state index contributed by atoms with van der Waals surface area (Å²) in [7, 11) is -3.51. The highest BCUT2D eigenvalue weighted by molar-refractivity contribution is 7.91. The lowest BCUT2D eigenvalue weighted by Gasteiger charge is -2.08. The molecule has 2 aromatic carbocycles. The van der Waals surface area contributed by atoms with Crippen LogP contribution in [0.3, 0.4) is 0 Å². The summed E-state index contributed by atoms with van der Waals surface area (Å²) in [4.78, 5) is 18.2. The van der Waals surface area contributed by atoms with Crippen molar-refractivity contribution in [1.29, 1.82) is 0 Å². The molecule has 6 nitrogen and oxygen atoms in total. The van der Waals surface area contributed by atoms with Crippen molar-refractivity contribution < 1.29 is 17.9 Å². The van der Waals surface area contributed by atoms with Gasteiger partial charge in [0.05, 0.1) is 28.5 Å². The van der Waals surface area contributed by atoms with Crippen molar-refractivity contribution in [1.82, 2.24) is 4.98 Å². The van der Waals surface area contributed by atoms with E-state index in [-0.39, 0.29) is 16.2 Å². The van der Waals surface area contributed by atoms with Gasteiger partial charge in [0.25, 0.3) is 5.91 Å². The minimum absolute atomic E-state index is 0.0278. The van der Waals surface area contributed by atoms with Crippen molar-refractivity contribution in [2.45, 2.75) is 25.7 Å². The molecule has 1 N–H and O–H groups in total. The molecule has 1 aromatic heterocycles. The van der Waals surface area contributed by atoms with Gasteiger partial charge in [-0.3, -0.25) is 10.1 Å². The van der Waals surface area contributed by atoms with Gasteiger partial charge in [-0.05, 0) is 50.2 Å². The van der Waals surface area contributed by atoms with Crippen molar-refractivity contribution in [3.63, 3.8) is 0 Å². The van der Waals surface area contributed by atoms with E-state index in [1.807, 2.05) is 38.1 Å². The quantitative estimate of drug-likeness (QED) is 0.594. The van der Waals surface area contributed by atoms with Gasteiger partial charge in [0.1, 0.15) is 5.75 Å². The lowest BCUT2D eigenvalue weighted by Crippen LogP contribution is -2.17. The molecular weight excluding hydrogens is 408 g/mol. The van der Waals surface area contributed by atoms with E-state index < -0.39 is 15.7 Å². The van der Waals surface area contributed by atoms with Gasteiger partial charge in [0.15, 0.2) is 15.0 Å². The molecular formula is C21H22N2O4S2. The summed E-state index contributed by atoms with van der Waals surface area (Å²) < 4.78 is 30.0. The maximum Gasteiger partial charge on any atom is 0.258 e. The number of nitrogens with zero attached hydrogens (tertiary/aromatic N) is 1. The number of rotatable bonds is 7. The van der Waals surface area contributed by atoms with Gasteiger partial charge in [-0.15, -0.1) is 11.3 Å². The summed E-state index contributed by atoms with van der Waals surface area (Å²) in [5.41, 5.74) is 1.80. The predicted molar refractivity (Wildman–Crippen MR) is 116 cm³/mol. The molecule has 8 heteroatoms. The Kier molecular flexibility index (Phi) is 6.34. The number of ether oxygens (including phenoxy) is 1. The summed E-state index contributed by atoms with van der Waals surface area (Å²) in [6.07, 6.45) is 0. The number of amides is 1. The maximum atomic E-state index is 12.7. The molecule has 0 saturated carbocycles. The van der Waals surface area contributed by atoms with Crippen LogP contribution in [0.1, 0.15) is 29.1 Å². The number of carbonyl (C=O) groups excluding carboxylic acids is 1. The predicted octanol–water partition coefficient (Wildman–Crippen LogP) is 4.56. The molecule has 0 spiro atoms. The molecule has 1 amide bonds. The summed E-state index contributed by atoms with van der Waals surface area (Å²) in [5, 5.41) is 3.15. The number of nitrogens with one attached hydrogen (secondary N) is 1. The van der Waals surface area contributed by atoms with Gasteiger partial charge in [0.2, 0.25) is 0 Å². The SMILES string of the molecule is CCOc1ccc(-c2nc(NC(=O)c3ccccc3S(=O)(=O)CC)sc2C)cc1. The lowest BCUT2D eigenvalue weighted by molar-refractivity contribution is 0.102. The highest BCUT2D eigenvalue weighted by atomic mass is 32.2. The Morgan fingerprint density at radius 3 is 2.45 bits per heavy atom. The summed E-state index contributed by atoms with van der Waals surface area (Å²) in [6.45, 7) is 6.00. The smallest absolute Gasteiger partial charge is 0.258 e. The van der Waals surface area contributed by atoms with Crippen LogP contribution in [0.5, 0.6) is 5.75 Å². The zero-order valence-electron chi connectivity index (χ0n) is 16.4. The van der Waals surface area contributed by atoms with Crippen LogP contribution in [0, 0.1) is 6.92 Å². The molecule has 0 unspecified atom stereocenters. The number of hydrogen-bond donors (Lipinski definition) is 1. The van der Waals surface area contributed by atoms with E-state index in [1.54, 1.807) is 19.1 Å². The molecule has 1 heterocycles. The van der Waals surface area contributed by atoms with Gasteiger partial charge >= 0.3 is 0 Å². The van der Waals surface area contributed by atoms with Crippen molar-refractivity contribution in [3.8, 4) is 17.0 Å². The van der Waals surface area contributed by atoms with Crippen LogP contribution >= 0.6 is 11.3 Å². The fourth-order valence-electron chi connectivity index (χ4n) is 2.84. The highest BCUT2D eigenvalue weighted by Gasteiger charge is 2.21. The van der Waals surface area contributed by atoms with Crippen molar-refractivity contribution in [2.24, 2.45) is 0 Å². The molecule has 0 saturated heterocycles. The molecule has 0 aliphatic heterocycles. The lowest BCUT2D eigenvalue weighted by atomic mass is 10.1. The van der Waals surface area contributed by atoms with E-state index in [2.05, 4.69) is 10.3 Å². The summed E-state index contributed by atoms with van der Waals surface area (Å²) in [5.74, 6) is 0.214. The minimum Gasteiger partial charge on any atom is -0.494 e. The van der Waals surface area contributed by atoms with E-state index in [1.165, 1.54) is 23.5 Å². The molecule has 3 aromatic rings. The van der Waals surface area contributed by atoms with Gasteiger partial charge in [0, 0.05) is 10.4 Å². The molecule has 0 aliphatic rings. The molecule has 29 heavy (non-hydrogen) atoms. The Hall–Kier alpha value is -2.71. The third-order valence-corrected chi connectivity index (χ3v) is 6.98. The fraction of sp³-hybridized carbons (Fsp3) is 0.238. The Morgan fingerprint density at radius 2 is 1.79 bits per heavy atom. The van der Waals surface area contributed by atoms with Crippen LogP contribution in [0.4, 0.5) is 5.13 Å². The highest BCUT2D eigenvalue weighted by Crippen LogP contribution is 2.32. The second-order valence-electron chi connectivity index (χ2n) is 6.23. The minimum atomic E-state index is -3.51. The average Bonchev–Trinajstić information content (AvgIpc) is 3.08. The van der Waals surface area contributed by atoms with Crippen LogP contribution in [-0.4, -0.2) is 31.7 Å².